The van der Waals surface area contributed by atoms with Gasteiger partial charge in [0.25, 0.3) is 0 Å². The first-order chi connectivity index (χ1) is 6.68. The molecule has 2 rings (SSSR count). The number of benzene rings is 1. The van der Waals surface area contributed by atoms with Gasteiger partial charge >= 0.3 is 0 Å². The number of hydrogen-bond acceptors (Lipinski definition) is 2. The van der Waals surface area contributed by atoms with Crippen LogP contribution in [0.3, 0.4) is 0 Å². The molecule has 0 saturated carbocycles. The average Bonchev–Trinajstić information content (AvgIpc) is 2.49. The zero-order valence-corrected chi connectivity index (χ0v) is 8.28. The lowest BCUT2D eigenvalue weighted by atomic mass is 10.0. The molecule has 0 aliphatic carbocycles. The summed E-state index contributed by atoms with van der Waals surface area (Å²) in [4.78, 5) is 2.22. The monoisotopic (exact) mass is 194 g/mol. The smallest absolute Gasteiger partial charge is 0.123 e. The Morgan fingerprint density at radius 1 is 1.36 bits per heavy atom. The first kappa shape index (κ1) is 9.62. The molecule has 0 spiro atoms. The van der Waals surface area contributed by atoms with Crippen LogP contribution in [0.4, 0.5) is 4.39 Å². The first-order valence-electron chi connectivity index (χ1n) is 4.90. The van der Waals surface area contributed by atoms with Crippen molar-refractivity contribution in [2.24, 2.45) is 5.73 Å². The second-order valence-electron chi connectivity index (χ2n) is 3.93. The molecule has 1 heterocycles. The minimum atomic E-state index is -0.192. The van der Waals surface area contributed by atoms with Crippen LogP contribution in [-0.2, 0) is 0 Å². The van der Waals surface area contributed by atoms with Gasteiger partial charge in [-0.1, -0.05) is 12.1 Å². The van der Waals surface area contributed by atoms with Crippen LogP contribution in [0.15, 0.2) is 24.3 Å². The van der Waals surface area contributed by atoms with Gasteiger partial charge in [0.2, 0.25) is 0 Å². The summed E-state index contributed by atoms with van der Waals surface area (Å²) in [6.45, 7) is 1.02. The lowest BCUT2D eigenvalue weighted by Gasteiger charge is -2.23. The average molecular weight is 194 g/mol. The summed E-state index contributed by atoms with van der Waals surface area (Å²) < 4.78 is 12.7. The predicted octanol–water partition coefficient (Wildman–Crippen LogP) is 1.53. The highest BCUT2D eigenvalue weighted by atomic mass is 19.1. The zero-order valence-electron chi connectivity index (χ0n) is 8.28. The fourth-order valence-corrected chi connectivity index (χ4v) is 2.14. The molecule has 1 aromatic carbocycles. The van der Waals surface area contributed by atoms with Crippen molar-refractivity contribution < 1.29 is 4.39 Å². The molecule has 76 valence electrons. The minimum absolute atomic E-state index is 0.172. The van der Waals surface area contributed by atoms with Crippen LogP contribution >= 0.6 is 0 Å². The molecule has 1 fully saturated rings. The highest BCUT2D eigenvalue weighted by molar-refractivity contribution is 5.22. The summed E-state index contributed by atoms with van der Waals surface area (Å²) in [7, 11) is 2.06. The fraction of sp³-hybridized carbons (Fsp3) is 0.455. The van der Waals surface area contributed by atoms with Crippen molar-refractivity contribution in [1.29, 1.82) is 0 Å². The van der Waals surface area contributed by atoms with Crippen LogP contribution in [0.2, 0.25) is 0 Å². The third-order valence-corrected chi connectivity index (χ3v) is 2.91. The summed E-state index contributed by atoms with van der Waals surface area (Å²) in [5, 5.41) is 0. The molecule has 1 aromatic rings. The van der Waals surface area contributed by atoms with Gasteiger partial charge in [0.05, 0.1) is 0 Å². The standard InChI is InChI=1S/C11H15FN2/c1-14-7-6-10(13)11(14)8-2-4-9(12)5-3-8/h2-5,10-11H,6-7,13H2,1H3/t10-,11-/m0/s1. The summed E-state index contributed by atoms with van der Waals surface area (Å²) in [5.74, 6) is -0.192. The number of nitrogens with two attached hydrogens (primary N) is 1. The highest BCUT2D eigenvalue weighted by Crippen LogP contribution is 2.29. The van der Waals surface area contributed by atoms with Crippen molar-refractivity contribution in [3.63, 3.8) is 0 Å². The molecule has 0 amide bonds. The van der Waals surface area contributed by atoms with Crippen LogP contribution in [0.25, 0.3) is 0 Å². The number of likely N-dealkylation sites (tertiary alicyclic amines) is 1. The maximum atomic E-state index is 12.7. The van der Waals surface area contributed by atoms with Gasteiger partial charge in [-0.3, -0.25) is 4.90 Å². The van der Waals surface area contributed by atoms with E-state index in [0.29, 0.717) is 0 Å². The van der Waals surface area contributed by atoms with Gasteiger partial charge in [0.15, 0.2) is 0 Å². The molecule has 3 heteroatoms. The summed E-state index contributed by atoms with van der Waals surface area (Å²) in [6.07, 6.45) is 1.01. The molecule has 2 atom stereocenters. The van der Waals surface area contributed by atoms with Crippen molar-refractivity contribution >= 4 is 0 Å². The zero-order chi connectivity index (χ0) is 10.1. The molecule has 1 aliphatic rings. The molecule has 1 aliphatic heterocycles. The predicted molar refractivity (Wildman–Crippen MR) is 54.4 cm³/mol. The Kier molecular flexibility index (Phi) is 2.52. The van der Waals surface area contributed by atoms with E-state index in [-0.39, 0.29) is 17.9 Å². The number of likely N-dealkylation sites (N-methyl/N-ethyl adjacent to an activating group) is 1. The second kappa shape index (κ2) is 3.67. The lowest BCUT2D eigenvalue weighted by molar-refractivity contribution is 0.304. The normalized spacial score (nSPS) is 28.2. The van der Waals surface area contributed by atoms with Crippen LogP contribution in [0.5, 0.6) is 0 Å². The van der Waals surface area contributed by atoms with Gasteiger partial charge in [-0.2, -0.15) is 0 Å². The Hall–Kier alpha value is -0.930. The van der Waals surface area contributed by atoms with E-state index < -0.39 is 0 Å². The van der Waals surface area contributed by atoms with E-state index in [1.807, 2.05) is 12.1 Å². The SMILES string of the molecule is CN1CC[C@H](N)[C@@H]1c1ccc(F)cc1. The molecule has 14 heavy (non-hydrogen) atoms. The first-order valence-corrected chi connectivity index (χ1v) is 4.90. The Morgan fingerprint density at radius 3 is 2.50 bits per heavy atom. The van der Waals surface area contributed by atoms with Gasteiger partial charge in [-0.25, -0.2) is 4.39 Å². The molecule has 1 saturated heterocycles. The van der Waals surface area contributed by atoms with Crippen LogP contribution in [0, 0.1) is 5.82 Å². The van der Waals surface area contributed by atoms with E-state index in [1.54, 1.807) is 0 Å². The van der Waals surface area contributed by atoms with Crippen molar-refractivity contribution in [1.82, 2.24) is 4.90 Å². The van der Waals surface area contributed by atoms with Crippen LogP contribution in [-0.4, -0.2) is 24.5 Å². The number of hydrogen-bond donors (Lipinski definition) is 1. The van der Waals surface area contributed by atoms with Crippen molar-refractivity contribution in [3.8, 4) is 0 Å². The Morgan fingerprint density at radius 2 is 2.00 bits per heavy atom. The molecule has 2 N–H and O–H groups in total. The van der Waals surface area contributed by atoms with Crippen molar-refractivity contribution in [2.75, 3.05) is 13.6 Å². The summed E-state index contributed by atoms with van der Waals surface area (Å²) in [5.41, 5.74) is 7.11. The number of halogens is 1. The Labute approximate surface area is 83.5 Å². The molecule has 0 radical (unpaired) electrons. The maximum absolute atomic E-state index is 12.7. The number of nitrogens with zero attached hydrogens (tertiary/aromatic N) is 1. The van der Waals surface area contributed by atoms with Gasteiger partial charge in [0, 0.05) is 18.6 Å². The van der Waals surface area contributed by atoms with E-state index in [0.717, 1.165) is 18.5 Å². The van der Waals surface area contributed by atoms with E-state index in [4.69, 9.17) is 5.73 Å². The van der Waals surface area contributed by atoms with Crippen molar-refractivity contribution in [3.05, 3.63) is 35.6 Å². The highest BCUT2D eigenvalue weighted by Gasteiger charge is 2.29. The molecule has 0 bridgehead atoms. The molecule has 2 nitrogen and oxygen atoms in total. The molecule has 0 unspecified atom stereocenters. The fourth-order valence-electron chi connectivity index (χ4n) is 2.14. The molecular formula is C11H15FN2. The van der Waals surface area contributed by atoms with Crippen LogP contribution < -0.4 is 5.73 Å². The van der Waals surface area contributed by atoms with E-state index in [1.165, 1.54) is 12.1 Å². The molecule has 0 aromatic heterocycles. The lowest BCUT2D eigenvalue weighted by Crippen LogP contribution is -2.29. The van der Waals surface area contributed by atoms with Gasteiger partial charge in [-0.05, 0) is 31.2 Å². The van der Waals surface area contributed by atoms with Crippen molar-refractivity contribution in [2.45, 2.75) is 18.5 Å². The quantitative estimate of drug-likeness (QED) is 0.734. The third kappa shape index (κ3) is 1.65. The van der Waals surface area contributed by atoms with E-state index >= 15 is 0 Å². The van der Waals surface area contributed by atoms with Gasteiger partial charge < -0.3 is 5.73 Å². The van der Waals surface area contributed by atoms with E-state index in [2.05, 4.69) is 11.9 Å². The molecular weight excluding hydrogens is 179 g/mol. The van der Waals surface area contributed by atoms with Gasteiger partial charge in [0.1, 0.15) is 5.82 Å². The maximum Gasteiger partial charge on any atom is 0.123 e. The second-order valence-corrected chi connectivity index (χ2v) is 3.93. The minimum Gasteiger partial charge on any atom is -0.326 e. The third-order valence-electron chi connectivity index (χ3n) is 2.91. The largest absolute Gasteiger partial charge is 0.326 e. The topological polar surface area (TPSA) is 29.3 Å². The van der Waals surface area contributed by atoms with Crippen LogP contribution in [0.1, 0.15) is 18.0 Å². The van der Waals surface area contributed by atoms with E-state index in [9.17, 15) is 4.39 Å². The van der Waals surface area contributed by atoms with Gasteiger partial charge in [-0.15, -0.1) is 0 Å². The summed E-state index contributed by atoms with van der Waals surface area (Å²) >= 11 is 0. The Bertz CT molecular complexity index is 300. The Balaban J connectivity index is 2.25. The number of rotatable bonds is 1. The summed E-state index contributed by atoms with van der Waals surface area (Å²) in [6, 6.07) is 7.05.